The van der Waals surface area contributed by atoms with Crippen molar-refractivity contribution in [1.82, 2.24) is 10.6 Å². The Bertz CT molecular complexity index is 389. The van der Waals surface area contributed by atoms with Gasteiger partial charge in [-0.1, -0.05) is 36.4 Å². The van der Waals surface area contributed by atoms with E-state index in [1.165, 1.54) is 5.56 Å². The smallest absolute Gasteiger partial charge is 0.237 e. The van der Waals surface area contributed by atoms with Crippen molar-refractivity contribution in [2.24, 2.45) is 0 Å². The Morgan fingerprint density at radius 3 is 2.63 bits per heavy atom. The highest BCUT2D eigenvalue weighted by Gasteiger charge is 2.14. The van der Waals surface area contributed by atoms with Crippen LogP contribution in [0.5, 0.6) is 0 Å². The highest BCUT2D eigenvalue weighted by molar-refractivity contribution is 5.81. The summed E-state index contributed by atoms with van der Waals surface area (Å²) in [6.45, 7) is 8.10. The van der Waals surface area contributed by atoms with Gasteiger partial charge >= 0.3 is 0 Å². The molecule has 0 spiro atoms. The van der Waals surface area contributed by atoms with E-state index in [1.807, 2.05) is 13.0 Å². The fourth-order valence-electron chi connectivity index (χ4n) is 1.94. The van der Waals surface area contributed by atoms with Crippen LogP contribution in [0, 0.1) is 0 Å². The molecule has 0 radical (unpaired) electrons. The predicted octanol–water partition coefficient (Wildman–Crippen LogP) is 2.29. The zero-order valence-electron chi connectivity index (χ0n) is 11.9. The van der Waals surface area contributed by atoms with E-state index in [0.717, 1.165) is 12.8 Å². The van der Waals surface area contributed by atoms with E-state index in [9.17, 15) is 4.79 Å². The van der Waals surface area contributed by atoms with Gasteiger partial charge in [-0.15, -0.1) is 6.58 Å². The Balaban J connectivity index is 2.28. The Morgan fingerprint density at radius 2 is 2.00 bits per heavy atom. The molecule has 0 aliphatic rings. The molecule has 1 aromatic carbocycles. The standard InChI is InChI=1S/C16H24N2O/c1-4-12-17-16(19)14(3)18-13(2)10-11-15-8-6-5-7-9-15/h4-9,13-14,18H,1,10-12H2,2-3H3,(H,17,19). The van der Waals surface area contributed by atoms with Gasteiger partial charge < -0.3 is 10.6 Å². The summed E-state index contributed by atoms with van der Waals surface area (Å²) in [5.41, 5.74) is 1.33. The lowest BCUT2D eigenvalue weighted by atomic mass is 10.1. The molecule has 0 aromatic heterocycles. The molecule has 104 valence electrons. The predicted molar refractivity (Wildman–Crippen MR) is 80.0 cm³/mol. The summed E-state index contributed by atoms with van der Waals surface area (Å²) >= 11 is 0. The lowest BCUT2D eigenvalue weighted by molar-refractivity contribution is -0.122. The summed E-state index contributed by atoms with van der Waals surface area (Å²) in [4.78, 5) is 11.7. The number of nitrogens with one attached hydrogen (secondary N) is 2. The zero-order chi connectivity index (χ0) is 14.1. The van der Waals surface area contributed by atoms with Gasteiger partial charge in [-0.3, -0.25) is 4.79 Å². The first-order valence-electron chi connectivity index (χ1n) is 6.82. The molecule has 1 rings (SSSR count). The first kappa shape index (κ1) is 15.4. The Hall–Kier alpha value is -1.61. The van der Waals surface area contributed by atoms with Crippen LogP contribution in [0.2, 0.25) is 0 Å². The highest BCUT2D eigenvalue weighted by Crippen LogP contribution is 2.05. The normalized spacial score (nSPS) is 13.6. The Labute approximate surface area is 116 Å². The van der Waals surface area contributed by atoms with E-state index >= 15 is 0 Å². The first-order valence-corrected chi connectivity index (χ1v) is 6.82. The molecule has 1 amide bonds. The summed E-state index contributed by atoms with van der Waals surface area (Å²) in [6, 6.07) is 10.5. The quantitative estimate of drug-likeness (QED) is 0.704. The molecule has 0 heterocycles. The molecule has 19 heavy (non-hydrogen) atoms. The van der Waals surface area contributed by atoms with Gasteiger partial charge in [-0.05, 0) is 32.3 Å². The van der Waals surface area contributed by atoms with Crippen molar-refractivity contribution in [3.63, 3.8) is 0 Å². The maximum atomic E-state index is 11.7. The summed E-state index contributed by atoms with van der Waals surface area (Å²) < 4.78 is 0. The molecule has 2 atom stereocenters. The third-order valence-electron chi connectivity index (χ3n) is 3.06. The molecule has 1 aromatic rings. The third kappa shape index (κ3) is 6.20. The van der Waals surface area contributed by atoms with Crippen molar-refractivity contribution < 1.29 is 4.79 Å². The SMILES string of the molecule is C=CCNC(=O)C(C)NC(C)CCc1ccccc1. The molecule has 0 fully saturated rings. The molecule has 0 saturated carbocycles. The summed E-state index contributed by atoms with van der Waals surface area (Å²) in [5.74, 6) is 0.0199. The second-order valence-electron chi connectivity index (χ2n) is 4.85. The largest absolute Gasteiger partial charge is 0.351 e. The Kier molecular flexibility index (Phi) is 6.90. The number of carbonyl (C=O) groups excluding carboxylic acids is 1. The van der Waals surface area contributed by atoms with Crippen molar-refractivity contribution in [2.45, 2.75) is 38.8 Å². The van der Waals surface area contributed by atoms with Crippen LogP contribution in [0.4, 0.5) is 0 Å². The number of benzene rings is 1. The molecule has 0 saturated heterocycles. The topological polar surface area (TPSA) is 41.1 Å². The molecular weight excluding hydrogens is 236 g/mol. The van der Waals surface area contributed by atoms with Crippen LogP contribution in [0.15, 0.2) is 43.0 Å². The van der Waals surface area contributed by atoms with Crippen LogP contribution < -0.4 is 10.6 Å². The third-order valence-corrected chi connectivity index (χ3v) is 3.06. The van der Waals surface area contributed by atoms with Gasteiger partial charge in [0, 0.05) is 12.6 Å². The van der Waals surface area contributed by atoms with E-state index in [4.69, 9.17) is 0 Å². The van der Waals surface area contributed by atoms with Gasteiger partial charge in [0.15, 0.2) is 0 Å². The van der Waals surface area contributed by atoms with Gasteiger partial charge in [0.2, 0.25) is 5.91 Å². The van der Waals surface area contributed by atoms with Gasteiger partial charge in [0.05, 0.1) is 6.04 Å². The lowest BCUT2D eigenvalue weighted by Gasteiger charge is -2.19. The van der Waals surface area contributed by atoms with Gasteiger partial charge in [-0.2, -0.15) is 0 Å². The number of aryl methyl sites for hydroxylation is 1. The zero-order valence-corrected chi connectivity index (χ0v) is 11.9. The summed E-state index contributed by atoms with van der Waals surface area (Å²) in [6.07, 6.45) is 3.72. The van der Waals surface area contributed by atoms with Crippen LogP contribution in [0.25, 0.3) is 0 Å². The van der Waals surface area contributed by atoms with Crippen molar-refractivity contribution in [3.05, 3.63) is 48.6 Å². The van der Waals surface area contributed by atoms with Crippen molar-refractivity contribution in [2.75, 3.05) is 6.54 Å². The van der Waals surface area contributed by atoms with Crippen LogP contribution in [-0.2, 0) is 11.2 Å². The molecule has 2 N–H and O–H groups in total. The van der Waals surface area contributed by atoms with E-state index in [2.05, 4.69) is 48.4 Å². The van der Waals surface area contributed by atoms with Crippen molar-refractivity contribution >= 4 is 5.91 Å². The van der Waals surface area contributed by atoms with Crippen LogP contribution in [0.3, 0.4) is 0 Å². The number of carbonyl (C=O) groups is 1. The van der Waals surface area contributed by atoms with E-state index in [1.54, 1.807) is 6.08 Å². The molecular formula is C16H24N2O. The lowest BCUT2D eigenvalue weighted by Crippen LogP contribution is -2.45. The summed E-state index contributed by atoms with van der Waals surface area (Å²) in [5, 5.41) is 6.10. The fourth-order valence-corrected chi connectivity index (χ4v) is 1.94. The number of hydrogen-bond donors (Lipinski definition) is 2. The average molecular weight is 260 g/mol. The van der Waals surface area contributed by atoms with Crippen LogP contribution in [-0.4, -0.2) is 24.5 Å². The number of hydrogen-bond acceptors (Lipinski definition) is 2. The van der Waals surface area contributed by atoms with E-state index in [-0.39, 0.29) is 11.9 Å². The number of rotatable bonds is 8. The fraction of sp³-hybridized carbons (Fsp3) is 0.438. The maximum Gasteiger partial charge on any atom is 0.237 e. The minimum atomic E-state index is -0.175. The first-order chi connectivity index (χ1) is 9.13. The molecule has 2 unspecified atom stereocenters. The van der Waals surface area contributed by atoms with E-state index < -0.39 is 0 Å². The van der Waals surface area contributed by atoms with Crippen LogP contribution >= 0.6 is 0 Å². The molecule has 0 aliphatic heterocycles. The highest BCUT2D eigenvalue weighted by atomic mass is 16.2. The minimum Gasteiger partial charge on any atom is -0.351 e. The minimum absolute atomic E-state index is 0.0199. The average Bonchev–Trinajstić information content (AvgIpc) is 2.43. The van der Waals surface area contributed by atoms with Gasteiger partial charge in [0.1, 0.15) is 0 Å². The summed E-state index contributed by atoms with van der Waals surface area (Å²) in [7, 11) is 0. The monoisotopic (exact) mass is 260 g/mol. The van der Waals surface area contributed by atoms with Gasteiger partial charge in [0.25, 0.3) is 0 Å². The van der Waals surface area contributed by atoms with Crippen LogP contribution in [0.1, 0.15) is 25.8 Å². The second-order valence-corrected chi connectivity index (χ2v) is 4.85. The number of amides is 1. The maximum absolute atomic E-state index is 11.7. The molecule has 0 aliphatic carbocycles. The second kappa shape index (κ2) is 8.48. The van der Waals surface area contributed by atoms with Gasteiger partial charge in [-0.25, -0.2) is 0 Å². The van der Waals surface area contributed by atoms with Crippen molar-refractivity contribution in [3.8, 4) is 0 Å². The molecule has 0 bridgehead atoms. The Morgan fingerprint density at radius 1 is 1.32 bits per heavy atom. The van der Waals surface area contributed by atoms with E-state index in [0.29, 0.717) is 12.6 Å². The van der Waals surface area contributed by atoms with Crippen molar-refractivity contribution in [1.29, 1.82) is 0 Å². The molecule has 3 nitrogen and oxygen atoms in total. The molecule has 3 heteroatoms.